The summed E-state index contributed by atoms with van der Waals surface area (Å²) >= 11 is 0. The average Bonchev–Trinajstić information content (AvgIpc) is 2.44. The average molecular weight is 230 g/mol. The molecule has 0 aliphatic carbocycles. The van der Waals surface area contributed by atoms with Gasteiger partial charge in [-0.05, 0) is 13.8 Å². The van der Waals surface area contributed by atoms with Crippen LogP contribution in [0.1, 0.15) is 12.6 Å². The Hall–Kier alpha value is -1.04. The third-order valence-corrected chi connectivity index (χ3v) is 2.93. The third-order valence-electron chi connectivity index (χ3n) is 2.16. The minimum Gasteiger partial charge on any atom is -0.394 e. The molecule has 1 aromatic rings. The maximum atomic E-state index is 10.9. The highest BCUT2D eigenvalue weighted by atomic mass is 32.2. The molecule has 1 aromatic heterocycles. The molecule has 86 valence electrons. The molecule has 0 bridgehead atoms. The van der Waals surface area contributed by atoms with Gasteiger partial charge in [0.15, 0.2) is 0 Å². The van der Waals surface area contributed by atoms with Crippen LogP contribution in [0.25, 0.3) is 0 Å². The van der Waals surface area contributed by atoms with E-state index in [9.17, 15) is 4.21 Å². The fourth-order valence-electron chi connectivity index (χ4n) is 1.32. The van der Waals surface area contributed by atoms with Gasteiger partial charge in [0.25, 0.3) is 0 Å². The molecule has 15 heavy (non-hydrogen) atoms. The molecular weight excluding hydrogens is 212 g/mol. The molecule has 0 amide bonds. The smallest absolute Gasteiger partial charge is 0.148 e. The molecule has 1 heterocycles. The zero-order valence-electron chi connectivity index (χ0n) is 9.41. The summed E-state index contributed by atoms with van der Waals surface area (Å²) in [7, 11) is -0.781. The summed E-state index contributed by atoms with van der Waals surface area (Å²) in [5, 5.41) is 7.45. The quantitative estimate of drug-likeness (QED) is 0.776. The lowest BCUT2D eigenvalue weighted by Gasteiger charge is -2.08. The highest BCUT2D eigenvalue weighted by Gasteiger charge is 2.10. The Bertz CT molecular complexity index is 361. The molecule has 1 rings (SSSR count). The molecule has 0 fully saturated rings. The van der Waals surface area contributed by atoms with Gasteiger partial charge in [-0.3, -0.25) is 4.21 Å². The van der Waals surface area contributed by atoms with Crippen LogP contribution in [-0.2, 0) is 17.3 Å². The van der Waals surface area contributed by atoms with Crippen molar-refractivity contribution in [2.75, 3.05) is 29.6 Å². The molecule has 0 aliphatic heterocycles. The van der Waals surface area contributed by atoms with Crippen molar-refractivity contribution in [2.45, 2.75) is 20.4 Å². The van der Waals surface area contributed by atoms with Gasteiger partial charge < -0.3 is 11.1 Å². The van der Waals surface area contributed by atoms with E-state index in [-0.39, 0.29) is 0 Å². The van der Waals surface area contributed by atoms with Crippen LogP contribution in [-0.4, -0.2) is 32.5 Å². The van der Waals surface area contributed by atoms with Crippen LogP contribution in [0.15, 0.2) is 0 Å². The Morgan fingerprint density at radius 3 is 2.80 bits per heavy atom. The molecule has 3 N–H and O–H groups in total. The lowest BCUT2D eigenvalue weighted by Crippen LogP contribution is -2.14. The second-order valence-electron chi connectivity index (χ2n) is 3.37. The number of nitrogens with two attached hydrogens (primary N) is 1. The monoisotopic (exact) mass is 230 g/mol. The standard InChI is InChI=1S/C9H18N4OS/c1-4-13-9(8(10)7(2)12-13)11-5-6-15(3)14/h11H,4-6,10H2,1-3H3. The molecule has 5 nitrogen and oxygen atoms in total. The number of nitrogens with zero attached hydrogens (tertiary/aromatic N) is 2. The van der Waals surface area contributed by atoms with Crippen LogP contribution in [0.2, 0.25) is 0 Å². The van der Waals surface area contributed by atoms with Gasteiger partial charge in [0.1, 0.15) is 5.82 Å². The molecule has 0 aliphatic rings. The Morgan fingerprint density at radius 1 is 1.60 bits per heavy atom. The fraction of sp³-hybridized carbons (Fsp3) is 0.667. The topological polar surface area (TPSA) is 72.9 Å². The zero-order chi connectivity index (χ0) is 11.4. The SMILES string of the molecule is CCn1nc(C)c(N)c1NCCS(C)=O. The van der Waals surface area contributed by atoms with Crippen LogP contribution in [0.5, 0.6) is 0 Å². The number of rotatable bonds is 5. The Morgan fingerprint density at radius 2 is 2.27 bits per heavy atom. The van der Waals surface area contributed by atoms with Gasteiger partial charge >= 0.3 is 0 Å². The van der Waals surface area contributed by atoms with E-state index in [1.54, 1.807) is 6.26 Å². The summed E-state index contributed by atoms with van der Waals surface area (Å²) < 4.78 is 12.7. The first-order chi connectivity index (χ1) is 7.06. The van der Waals surface area contributed by atoms with E-state index >= 15 is 0 Å². The van der Waals surface area contributed by atoms with Crippen molar-refractivity contribution in [3.8, 4) is 0 Å². The fourth-order valence-corrected chi connectivity index (χ4v) is 1.71. The largest absolute Gasteiger partial charge is 0.394 e. The molecule has 0 aromatic carbocycles. The van der Waals surface area contributed by atoms with Gasteiger partial charge in [0, 0.05) is 35.9 Å². The van der Waals surface area contributed by atoms with E-state index in [0.29, 0.717) is 18.0 Å². The molecule has 6 heteroatoms. The minimum absolute atomic E-state index is 0.618. The van der Waals surface area contributed by atoms with Crippen LogP contribution in [0, 0.1) is 6.92 Å². The summed E-state index contributed by atoms with van der Waals surface area (Å²) in [6.07, 6.45) is 1.69. The van der Waals surface area contributed by atoms with Gasteiger partial charge in [0.05, 0.1) is 11.4 Å². The summed E-state index contributed by atoms with van der Waals surface area (Å²) in [6.45, 7) is 5.31. The summed E-state index contributed by atoms with van der Waals surface area (Å²) in [6, 6.07) is 0. The third kappa shape index (κ3) is 2.95. The van der Waals surface area contributed by atoms with E-state index in [0.717, 1.165) is 18.1 Å². The normalized spacial score (nSPS) is 12.7. The number of nitrogen functional groups attached to an aromatic ring is 1. The van der Waals surface area contributed by atoms with Gasteiger partial charge in [-0.1, -0.05) is 0 Å². The molecule has 0 radical (unpaired) electrons. The zero-order valence-corrected chi connectivity index (χ0v) is 10.2. The predicted molar refractivity (Wildman–Crippen MR) is 64.5 cm³/mol. The Kier molecular flexibility index (Phi) is 4.14. The maximum Gasteiger partial charge on any atom is 0.148 e. The van der Waals surface area contributed by atoms with Crippen LogP contribution in [0.3, 0.4) is 0 Å². The summed E-state index contributed by atoms with van der Waals surface area (Å²) in [4.78, 5) is 0. The van der Waals surface area contributed by atoms with Gasteiger partial charge in [-0.2, -0.15) is 5.10 Å². The Labute approximate surface area is 92.5 Å². The highest BCUT2D eigenvalue weighted by molar-refractivity contribution is 7.84. The van der Waals surface area contributed by atoms with Gasteiger partial charge in [-0.25, -0.2) is 4.68 Å². The van der Waals surface area contributed by atoms with E-state index in [1.807, 2.05) is 18.5 Å². The molecule has 0 saturated heterocycles. The number of aromatic nitrogens is 2. The lowest BCUT2D eigenvalue weighted by atomic mass is 10.4. The molecular formula is C9H18N4OS. The maximum absolute atomic E-state index is 10.9. The van der Waals surface area contributed by atoms with Crippen molar-refractivity contribution in [3.05, 3.63) is 5.69 Å². The van der Waals surface area contributed by atoms with Crippen LogP contribution in [0.4, 0.5) is 11.5 Å². The lowest BCUT2D eigenvalue weighted by molar-refractivity contribution is 0.658. The van der Waals surface area contributed by atoms with E-state index in [1.165, 1.54) is 0 Å². The van der Waals surface area contributed by atoms with Gasteiger partial charge in [-0.15, -0.1) is 0 Å². The summed E-state index contributed by atoms with van der Waals surface area (Å²) in [5.74, 6) is 1.45. The number of nitrogens with one attached hydrogen (secondary N) is 1. The van der Waals surface area contributed by atoms with Gasteiger partial charge in [0.2, 0.25) is 0 Å². The molecule has 1 unspecified atom stereocenters. The number of anilines is 2. The van der Waals surface area contributed by atoms with Crippen molar-refractivity contribution in [1.29, 1.82) is 0 Å². The van der Waals surface area contributed by atoms with Crippen molar-refractivity contribution < 1.29 is 4.21 Å². The minimum atomic E-state index is -0.781. The van der Waals surface area contributed by atoms with Crippen molar-refractivity contribution in [3.63, 3.8) is 0 Å². The number of aryl methyl sites for hydroxylation is 2. The second kappa shape index (κ2) is 5.16. The number of hydrogen-bond donors (Lipinski definition) is 2. The highest BCUT2D eigenvalue weighted by Crippen LogP contribution is 2.21. The van der Waals surface area contributed by atoms with Crippen LogP contribution >= 0.6 is 0 Å². The summed E-state index contributed by atoms with van der Waals surface area (Å²) in [5.41, 5.74) is 7.38. The van der Waals surface area contributed by atoms with Crippen molar-refractivity contribution in [2.24, 2.45) is 0 Å². The number of hydrogen-bond acceptors (Lipinski definition) is 4. The second-order valence-corrected chi connectivity index (χ2v) is 4.92. The predicted octanol–water partition coefficient (Wildman–Crippen LogP) is 0.584. The van der Waals surface area contributed by atoms with Crippen molar-refractivity contribution in [1.82, 2.24) is 9.78 Å². The first-order valence-corrected chi connectivity index (χ1v) is 6.65. The molecule has 0 spiro atoms. The first kappa shape index (κ1) is 12.0. The molecule has 1 atom stereocenters. The Balaban J connectivity index is 2.70. The first-order valence-electron chi connectivity index (χ1n) is 4.93. The molecule has 0 saturated carbocycles. The van der Waals surface area contributed by atoms with Crippen molar-refractivity contribution >= 4 is 22.3 Å². The van der Waals surface area contributed by atoms with E-state index in [4.69, 9.17) is 5.73 Å². The van der Waals surface area contributed by atoms with Crippen LogP contribution < -0.4 is 11.1 Å². The van der Waals surface area contributed by atoms with E-state index in [2.05, 4.69) is 10.4 Å². The van der Waals surface area contributed by atoms with E-state index < -0.39 is 10.8 Å².